The minimum absolute atomic E-state index is 0. The molecule has 0 amide bonds. The number of rotatable bonds is 0. The van der Waals surface area contributed by atoms with E-state index >= 15 is 0 Å². The van der Waals surface area contributed by atoms with E-state index in [2.05, 4.69) is 0 Å². The molecule has 32 valence electrons. The van der Waals surface area contributed by atoms with Crippen molar-refractivity contribution < 1.29 is 0 Å². The molecule has 4 heavy (non-hydrogen) atoms. The molecule has 0 aliphatic heterocycles. The Labute approximate surface area is 75.3 Å². The summed E-state index contributed by atoms with van der Waals surface area (Å²) >= 11 is 0. The second-order valence-electron chi connectivity index (χ2n) is 0. The topological polar surface area (TPSA) is 0 Å². The van der Waals surface area contributed by atoms with E-state index in [-0.39, 0.29) is 76.3 Å². The summed E-state index contributed by atoms with van der Waals surface area (Å²) in [5.74, 6) is 0. The maximum absolute atomic E-state index is 0. The molecule has 0 aliphatic rings. The fourth-order valence-corrected chi connectivity index (χ4v) is 0. The van der Waals surface area contributed by atoms with Gasteiger partial charge in [-0.3, -0.25) is 0 Å². The first-order chi connectivity index (χ1) is 0. The van der Waals surface area contributed by atoms with E-state index in [0.29, 0.717) is 0 Å². The van der Waals surface area contributed by atoms with Gasteiger partial charge in [-0.2, -0.15) is 0 Å². The van der Waals surface area contributed by atoms with Crippen LogP contribution in [0.3, 0.4) is 0 Å². The Morgan fingerprint density at radius 1 is 1.00 bits per heavy atom. The quantitative estimate of drug-likeness (QED) is 0.380. The van der Waals surface area contributed by atoms with Crippen LogP contribution in [0.15, 0.2) is 0 Å². The maximum atomic E-state index is 0. The predicted molar refractivity (Wildman–Crippen MR) is 38.4 cm³/mol. The van der Waals surface area contributed by atoms with E-state index in [1.54, 1.807) is 0 Å². The van der Waals surface area contributed by atoms with Crippen LogP contribution in [0, 0.1) is 0 Å². The molecule has 0 spiro atoms. The third-order valence-electron chi connectivity index (χ3n) is 0. The van der Waals surface area contributed by atoms with Crippen LogP contribution in [0.2, 0.25) is 0 Å². The van der Waals surface area contributed by atoms with Crippen molar-refractivity contribution in [2.24, 2.45) is 0 Å². The molecule has 0 heterocycles. The summed E-state index contributed by atoms with van der Waals surface area (Å²) in [6.07, 6.45) is 0. The molecule has 0 radical (unpaired) electrons. The monoisotopic (exact) mass is 370 g/mol. The molecule has 0 fully saturated rings. The van der Waals surface area contributed by atoms with Crippen LogP contribution in [-0.2, 0) is 0 Å². The van der Waals surface area contributed by atoms with E-state index < -0.39 is 0 Å². The van der Waals surface area contributed by atoms with Crippen LogP contribution in [0.5, 0.6) is 0 Å². The first kappa shape index (κ1) is 32.3. The van der Waals surface area contributed by atoms with Gasteiger partial charge in [-0.05, 0) is 0 Å². The van der Waals surface area contributed by atoms with Gasteiger partial charge in [0.1, 0.15) is 0 Å². The van der Waals surface area contributed by atoms with Crippen molar-refractivity contribution in [1.29, 1.82) is 0 Å². The van der Waals surface area contributed by atoms with Gasteiger partial charge in [0.15, 0.2) is 0 Å². The molecule has 0 rings (SSSR count). The molecule has 0 aromatic rings. The van der Waals surface area contributed by atoms with Crippen LogP contribution in [-0.4, -0.2) is 76.3 Å². The van der Waals surface area contributed by atoms with Gasteiger partial charge in [-0.25, -0.2) is 0 Å². The third-order valence-corrected chi connectivity index (χ3v) is 0. The fourth-order valence-electron chi connectivity index (χ4n) is 0. The summed E-state index contributed by atoms with van der Waals surface area (Å²) in [4.78, 5) is 0. The molecule has 0 N–H and O–H groups in total. The second-order valence-corrected chi connectivity index (χ2v) is 0. The van der Waals surface area contributed by atoms with Gasteiger partial charge >= 0.3 is 76.3 Å². The zero-order valence-electron chi connectivity index (χ0n) is 1.71. The average Bonchev–Trinajstić information content (AvgIpc) is 0. The predicted octanol–water partition coefficient (Wildman–Crippen LogP) is -4.47. The Kier molecular flexibility index (Phi) is 146. The zero-order valence-corrected chi connectivity index (χ0v) is 9.63. The first-order valence-corrected chi connectivity index (χ1v) is 0. The average molecular weight is 365 g/mol. The van der Waals surface area contributed by atoms with Crippen molar-refractivity contribution in [3.63, 3.8) is 0 Å². The van der Waals surface area contributed by atoms with Crippen molar-refractivity contribution in [3.05, 3.63) is 0 Å². The van der Waals surface area contributed by atoms with Crippen LogP contribution >= 0.6 is 0 Å². The van der Waals surface area contributed by atoms with Crippen LogP contribution in [0.4, 0.5) is 0 Å². The molecule has 0 saturated carbocycles. The van der Waals surface area contributed by atoms with E-state index in [1.807, 2.05) is 0 Å². The molecule has 0 aliphatic carbocycles. The molecule has 0 bridgehead atoms. The third kappa shape index (κ3) is 8.83. The molecular weight excluding hydrogens is 354 g/mol. The standard InChI is InChI=1S/AsH3.GeH4.H2Se.H2Te/h1H3;1H4;2*1H2. The van der Waals surface area contributed by atoms with Gasteiger partial charge in [0, 0.05) is 0 Å². The van der Waals surface area contributed by atoms with E-state index in [4.69, 9.17) is 0 Å². The number of hydrogen-bond acceptors (Lipinski definition) is 0. The normalized spacial score (nSPS) is 0. The van der Waals surface area contributed by atoms with Crippen molar-refractivity contribution >= 4 is 76.3 Å². The Morgan fingerprint density at radius 2 is 1.00 bits per heavy atom. The van der Waals surface area contributed by atoms with Gasteiger partial charge < -0.3 is 0 Å². The molecule has 0 nitrogen and oxygen atoms in total. The molecule has 1 unspecified atom stereocenters. The number of hydrogen-bond donors (Lipinski definition) is 0. The van der Waals surface area contributed by atoms with Crippen molar-refractivity contribution in [3.8, 4) is 0 Å². The summed E-state index contributed by atoms with van der Waals surface area (Å²) < 4.78 is 0. The van der Waals surface area contributed by atoms with Crippen molar-refractivity contribution in [1.82, 2.24) is 0 Å². The SMILES string of the molecule is [AsH3].[GeH4].[SeH2].[TeH2]. The second kappa shape index (κ2) is 18.1. The molecular formula is H11AsGeSeTe. The van der Waals surface area contributed by atoms with Crippen LogP contribution in [0.25, 0.3) is 0 Å². The van der Waals surface area contributed by atoms with Crippen molar-refractivity contribution in [2.75, 3.05) is 0 Å². The van der Waals surface area contributed by atoms with Gasteiger partial charge in [0.2, 0.25) is 0 Å². The summed E-state index contributed by atoms with van der Waals surface area (Å²) in [7, 11) is 0. The molecule has 4 heteroatoms. The summed E-state index contributed by atoms with van der Waals surface area (Å²) in [6.45, 7) is 0. The molecule has 1 atom stereocenters. The summed E-state index contributed by atoms with van der Waals surface area (Å²) in [6, 6.07) is 0. The van der Waals surface area contributed by atoms with Gasteiger partial charge in [0.25, 0.3) is 0 Å². The summed E-state index contributed by atoms with van der Waals surface area (Å²) in [5.41, 5.74) is 0. The van der Waals surface area contributed by atoms with E-state index in [9.17, 15) is 0 Å². The van der Waals surface area contributed by atoms with Gasteiger partial charge in [0.05, 0.1) is 0 Å². The molecule has 0 saturated heterocycles. The van der Waals surface area contributed by atoms with E-state index in [0.717, 1.165) is 0 Å². The van der Waals surface area contributed by atoms with Crippen molar-refractivity contribution in [2.45, 2.75) is 0 Å². The van der Waals surface area contributed by atoms with Crippen LogP contribution < -0.4 is 0 Å². The Balaban J connectivity index is 0. The Bertz CT molecular complexity index is 8.00. The fraction of sp³-hybridized carbons (Fsp3) is 0. The Hall–Kier alpha value is 2.41. The van der Waals surface area contributed by atoms with E-state index in [1.165, 1.54) is 0 Å². The molecule has 0 aromatic heterocycles. The van der Waals surface area contributed by atoms with Gasteiger partial charge in [-0.1, -0.05) is 0 Å². The minimum atomic E-state index is 0. The summed E-state index contributed by atoms with van der Waals surface area (Å²) in [5, 5.41) is 0. The Morgan fingerprint density at radius 3 is 1.00 bits per heavy atom. The zero-order chi connectivity index (χ0) is 0. The van der Waals surface area contributed by atoms with Gasteiger partial charge in [-0.15, -0.1) is 0 Å². The molecule has 0 aromatic carbocycles. The van der Waals surface area contributed by atoms with Crippen LogP contribution in [0.1, 0.15) is 0 Å². The first-order valence-electron chi connectivity index (χ1n) is 0.